The number of rotatable bonds is 29. The van der Waals surface area contributed by atoms with Crippen molar-refractivity contribution in [3.63, 3.8) is 0 Å². The van der Waals surface area contributed by atoms with Crippen molar-refractivity contribution in [2.45, 2.75) is 182 Å². The first kappa shape index (κ1) is 47.1. The molecule has 3 heteroatoms. The van der Waals surface area contributed by atoms with Crippen molar-refractivity contribution in [1.82, 2.24) is 0 Å². The van der Waals surface area contributed by atoms with E-state index in [0.717, 1.165) is 0 Å². The highest BCUT2D eigenvalue weighted by atomic mass is 28.3. The quantitative estimate of drug-likeness (QED) is 0.0378. The van der Waals surface area contributed by atoms with E-state index in [1.807, 2.05) is 0 Å². The minimum absolute atomic E-state index is 0.883. The monoisotopic (exact) mass is 740 g/mol. The molecule has 0 unspecified atom stereocenters. The van der Waals surface area contributed by atoms with Crippen molar-refractivity contribution in [3.8, 4) is 0 Å². The van der Waals surface area contributed by atoms with Gasteiger partial charge in [-0.05, 0) is 33.6 Å². The van der Waals surface area contributed by atoms with Crippen LogP contribution >= 0.6 is 0 Å². The Hall–Kier alpha value is -2.10. The first-order chi connectivity index (χ1) is 26.0. The summed E-state index contributed by atoms with van der Waals surface area (Å²) in [5.41, 5.74) is 2.37. The van der Waals surface area contributed by atoms with Crippen LogP contribution in [0.3, 0.4) is 0 Å². The minimum atomic E-state index is -1.99. The third-order valence-electron chi connectivity index (χ3n) is 12.9. The second-order valence-electron chi connectivity index (χ2n) is 16.8. The zero-order chi connectivity index (χ0) is 38.5. The van der Waals surface area contributed by atoms with Crippen LogP contribution in [0.2, 0.25) is 18.4 Å². The van der Waals surface area contributed by atoms with E-state index in [9.17, 15) is 0 Å². The number of hydrogen-bond acceptors (Lipinski definition) is 0. The van der Waals surface area contributed by atoms with Crippen LogP contribution in [0.4, 0.5) is 0 Å². The lowest BCUT2D eigenvalue weighted by atomic mass is 9.35. The minimum Gasteiger partial charge on any atom is -0.324 e. The number of benzene rings is 3. The second-order valence-corrected chi connectivity index (χ2v) is 21.7. The third-order valence-corrected chi connectivity index (χ3v) is 19.7. The van der Waals surface area contributed by atoms with Crippen molar-refractivity contribution < 1.29 is 4.48 Å². The van der Waals surface area contributed by atoms with Crippen LogP contribution in [-0.2, 0) is 0 Å². The lowest BCUT2D eigenvalue weighted by molar-refractivity contribution is -0.929. The molecule has 1 nitrogen and oxygen atoms in total. The van der Waals surface area contributed by atoms with Gasteiger partial charge in [0.05, 0.1) is 31.9 Å². The fourth-order valence-electron chi connectivity index (χ4n) is 9.82. The molecule has 53 heavy (non-hydrogen) atoms. The Morgan fingerprint density at radius 1 is 0.377 bits per heavy atom. The summed E-state index contributed by atoms with van der Waals surface area (Å²) in [7, 11) is -1.99. The van der Waals surface area contributed by atoms with Crippen LogP contribution < -0.4 is 16.1 Å². The molecular weight excluding hydrogens is 653 g/mol. The molecule has 0 amide bonds. The van der Waals surface area contributed by atoms with Gasteiger partial charge >= 0.3 is 0 Å². The predicted molar refractivity (Wildman–Crippen MR) is 247 cm³/mol. The van der Waals surface area contributed by atoms with Gasteiger partial charge in [-0.25, -0.2) is 10.9 Å². The Morgan fingerprint density at radius 3 is 1.09 bits per heavy atom. The summed E-state index contributed by atoms with van der Waals surface area (Å²) in [6.45, 7) is 22.1. The maximum absolute atomic E-state index is 2.52. The van der Waals surface area contributed by atoms with E-state index >= 15 is 0 Å². The molecule has 0 bridgehead atoms. The number of unbranched alkanes of at least 4 members (excludes halogenated alkanes) is 11. The summed E-state index contributed by atoms with van der Waals surface area (Å²) >= 11 is 0. The summed E-state index contributed by atoms with van der Waals surface area (Å²) in [5.74, 6) is 0. The highest BCUT2D eigenvalue weighted by Gasteiger charge is 2.48. The Kier molecular flexibility index (Phi) is 25.2. The molecule has 0 saturated carbocycles. The molecule has 3 aromatic carbocycles. The van der Waals surface area contributed by atoms with Crippen molar-refractivity contribution in [2.24, 2.45) is 0 Å². The van der Waals surface area contributed by atoms with Gasteiger partial charge in [0.15, 0.2) is 0 Å². The van der Waals surface area contributed by atoms with E-state index in [4.69, 9.17) is 0 Å². The van der Waals surface area contributed by atoms with E-state index in [1.165, 1.54) is 165 Å². The van der Waals surface area contributed by atoms with Crippen LogP contribution in [-0.4, -0.2) is 44.3 Å². The van der Waals surface area contributed by atoms with Crippen molar-refractivity contribution >= 4 is 29.8 Å². The zero-order valence-corrected chi connectivity index (χ0v) is 37.4. The highest BCUT2D eigenvalue weighted by molar-refractivity contribution is 7.55. The Bertz CT molecular complexity index is 1160. The SMILES string of the molecule is CCCCCCCC[B-](c1ccccc1)(c1ccccc1)[Si](CCCC)(CCCC)c1ccccc1.CCCC[N+](CCCC)(CCCC)CCCC. The Balaban J connectivity index is 0.000000482. The van der Waals surface area contributed by atoms with Gasteiger partial charge in [-0.3, -0.25) is 0 Å². The van der Waals surface area contributed by atoms with Gasteiger partial charge in [0.25, 0.3) is 0 Å². The molecule has 0 atom stereocenters. The largest absolute Gasteiger partial charge is 0.324 e. The number of quaternary nitrogens is 1. The van der Waals surface area contributed by atoms with E-state index in [1.54, 1.807) is 16.1 Å². The first-order valence-corrected chi connectivity index (χ1v) is 25.7. The normalized spacial score (nSPS) is 12.1. The molecular formula is C50H86BNSi. The van der Waals surface area contributed by atoms with Gasteiger partial charge < -0.3 is 4.48 Å². The number of nitrogens with zero attached hydrogens (tertiary/aromatic N) is 1. The molecule has 0 N–H and O–H groups in total. The summed E-state index contributed by atoms with van der Waals surface area (Å²) in [4.78, 5) is 0. The van der Waals surface area contributed by atoms with E-state index in [-0.39, 0.29) is 0 Å². The average molecular weight is 740 g/mol. The van der Waals surface area contributed by atoms with Gasteiger partial charge in [-0.2, -0.15) is 6.32 Å². The van der Waals surface area contributed by atoms with Gasteiger partial charge in [0.1, 0.15) is 0 Å². The standard InChI is InChI=1S/C34H50BSi.C16H36N/c1-4-7-10-11-12-22-29-35(32-23-16-13-17-24-32,33-25-18-14-19-26-33)36(30-8-5-2,31-9-6-3)34-27-20-15-21-28-34;1-5-9-13-17(14-10-6-2,15-11-7-3)16-12-8-4/h13-21,23-28H,4-12,22,29-31H2,1-3H3;5-16H2,1-4H3/q-1;+1. The fourth-order valence-corrected chi connectivity index (χ4v) is 17.4. The van der Waals surface area contributed by atoms with E-state index in [2.05, 4.69) is 139 Å². The molecule has 3 aromatic rings. The second kappa shape index (κ2) is 28.3. The summed E-state index contributed by atoms with van der Waals surface area (Å²) in [6.07, 6.45) is 25.8. The fraction of sp³-hybridized carbons (Fsp3) is 0.640. The van der Waals surface area contributed by atoms with Crippen molar-refractivity contribution in [3.05, 3.63) is 91.0 Å². The average Bonchev–Trinajstić information content (AvgIpc) is 3.22. The molecule has 0 aliphatic carbocycles. The molecule has 0 radical (unpaired) electrons. The Morgan fingerprint density at radius 2 is 0.717 bits per heavy atom. The van der Waals surface area contributed by atoms with Crippen molar-refractivity contribution in [1.29, 1.82) is 0 Å². The van der Waals surface area contributed by atoms with Gasteiger partial charge in [-0.1, -0.05) is 247 Å². The van der Waals surface area contributed by atoms with Gasteiger partial charge in [0, 0.05) is 0 Å². The molecule has 0 aromatic heterocycles. The van der Waals surface area contributed by atoms with Gasteiger partial charge in [0.2, 0.25) is 0 Å². The zero-order valence-electron chi connectivity index (χ0n) is 36.4. The maximum Gasteiger partial charge on any atom is 0.0786 e. The third kappa shape index (κ3) is 14.8. The molecule has 0 spiro atoms. The predicted octanol–water partition coefficient (Wildman–Crippen LogP) is 13.6. The molecule has 0 saturated heterocycles. The van der Waals surface area contributed by atoms with Crippen LogP contribution in [0.25, 0.3) is 0 Å². The van der Waals surface area contributed by atoms with Gasteiger partial charge in [-0.15, -0.1) is 0 Å². The van der Waals surface area contributed by atoms with E-state index < -0.39 is 13.7 Å². The van der Waals surface area contributed by atoms with Crippen LogP contribution in [0.1, 0.15) is 164 Å². The maximum atomic E-state index is 2.52. The topological polar surface area (TPSA) is 0 Å². The lowest BCUT2D eigenvalue weighted by Gasteiger charge is -2.58. The highest BCUT2D eigenvalue weighted by Crippen LogP contribution is 2.35. The molecule has 298 valence electrons. The van der Waals surface area contributed by atoms with Crippen LogP contribution in [0.15, 0.2) is 91.0 Å². The smallest absolute Gasteiger partial charge is 0.0786 e. The van der Waals surface area contributed by atoms with Crippen LogP contribution in [0.5, 0.6) is 0 Å². The molecule has 0 aliphatic rings. The summed E-state index contributed by atoms with van der Waals surface area (Å²) < 4.78 is 1.42. The Labute approximate surface area is 332 Å². The van der Waals surface area contributed by atoms with Crippen molar-refractivity contribution in [2.75, 3.05) is 26.2 Å². The first-order valence-electron chi connectivity index (χ1n) is 23.2. The lowest BCUT2D eigenvalue weighted by Crippen LogP contribution is -2.80. The summed E-state index contributed by atoms with van der Waals surface area (Å²) in [6, 6.07) is 38.3. The summed E-state index contributed by atoms with van der Waals surface area (Å²) in [5, 5.41) is 1.70. The molecule has 3 rings (SSSR count). The number of hydrogen-bond donors (Lipinski definition) is 0. The molecule has 0 heterocycles. The molecule has 0 fully saturated rings. The van der Waals surface area contributed by atoms with E-state index in [0.29, 0.717) is 0 Å². The van der Waals surface area contributed by atoms with Crippen LogP contribution in [0, 0.1) is 0 Å². The molecule has 0 aliphatic heterocycles.